The van der Waals surface area contributed by atoms with E-state index >= 15 is 0 Å². The molecule has 1 aromatic rings. The molecular weight excluding hydrogens is 171 g/mol. The van der Waals surface area contributed by atoms with Crippen LogP contribution in [0.4, 0.5) is 4.39 Å². The van der Waals surface area contributed by atoms with Gasteiger partial charge in [-0.15, -0.1) is 0 Å². The first kappa shape index (κ1) is 10.2. The van der Waals surface area contributed by atoms with Crippen molar-refractivity contribution in [1.82, 2.24) is 0 Å². The Labute approximate surface area is 77.3 Å². The first-order valence-electron chi connectivity index (χ1n) is 4.14. The van der Waals surface area contributed by atoms with E-state index in [9.17, 15) is 4.39 Å². The zero-order valence-corrected chi connectivity index (χ0v) is 7.63. The van der Waals surface area contributed by atoms with Crippen LogP contribution >= 0.6 is 0 Å². The van der Waals surface area contributed by atoms with E-state index in [0.717, 1.165) is 5.56 Å². The maximum Gasteiger partial charge on any atom is 0.146 e. The minimum Gasteiger partial charge on any atom is -0.359 e. The molecule has 0 radical (unpaired) electrons. The summed E-state index contributed by atoms with van der Waals surface area (Å²) in [6.45, 7) is 0.840. The Balaban J connectivity index is 2.28. The fourth-order valence-corrected chi connectivity index (χ4v) is 1.02. The minimum absolute atomic E-state index is 0.204. The number of hydrogen-bond acceptors (Lipinski definition) is 2. The normalized spacial score (nSPS) is 10.3. The number of rotatable bonds is 5. The fourth-order valence-electron chi connectivity index (χ4n) is 1.02. The summed E-state index contributed by atoms with van der Waals surface area (Å²) < 4.78 is 22.5. The van der Waals surface area contributed by atoms with E-state index in [2.05, 4.69) is 0 Å². The first-order chi connectivity index (χ1) is 6.33. The molecule has 0 bridgehead atoms. The van der Waals surface area contributed by atoms with Gasteiger partial charge in [-0.2, -0.15) is 0 Å². The number of ether oxygens (including phenoxy) is 2. The number of halogens is 1. The van der Waals surface area contributed by atoms with E-state index in [-0.39, 0.29) is 12.6 Å². The van der Waals surface area contributed by atoms with Crippen molar-refractivity contribution >= 4 is 0 Å². The molecule has 0 unspecified atom stereocenters. The molecule has 0 saturated heterocycles. The number of methoxy groups -OCH3 is 1. The molecule has 0 fully saturated rings. The number of benzene rings is 1. The Kier molecular flexibility index (Phi) is 4.43. The van der Waals surface area contributed by atoms with E-state index in [1.54, 1.807) is 13.2 Å². The average molecular weight is 184 g/mol. The van der Waals surface area contributed by atoms with Gasteiger partial charge in [-0.25, -0.2) is 4.39 Å². The van der Waals surface area contributed by atoms with Crippen LogP contribution in [0.3, 0.4) is 0 Å². The molecule has 3 heteroatoms. The highest BCUT2D eigenvalue weighted by Crippen LogP contribution is 2.03. The summed E-state index contributed by atoms with van der Waals surface area (Å²) in [5.74, 6) is -0.204. The zero-order chi connectivity index (χ0) is 9.52. The van der Waals surface area contributed by atoms with Gasteiger partial charge in [0.05, 0.1) is 6.61 Å². The quantitative estimate of drug-likeness (QED) is 0.514. The lowest BCUT2D eigenvalue weighted by Gasteiger charge is -2.02. The van der Waals surface area contributed by atoms with Gasteiger partial charge < -0.3 is 9.47 Å². The van der Waals surface area contributed by atoms with Crippen LogP contribution in [0.2, 0.25) is 0 Å². The molecule has 1 rings (SSSR count). The summed E-state index contributed by atoms with van der Waals surface area (Å²) in [5.41, 5.74) is 0.941. The lowest BCUT2D eigenvalue weighted by atomic mass is 10.2. The molecule has 0 aliphatic heterocycles. The van der Waals surface area contributed by atoms with Crippen LogP contribution in [0.1, 0.15) is 5.56 Å². The van der Waals surface area contributed by atoms with Gasteiger partial charge in [-0.3, -0.25) is 0 Å². The van der Waals surface area contributed by atoms with Gasteiger partial charge >= 0.3 is 0 Å². The highest BCUT2D eigenvalue weighted by Gasteiger charge is 1.94. The van der Waals surface area contributed by atoms with Crippen LogP contribution in [-0.2, 0) is 15.9 Å². The molecule has 0 aliphatic rings. The second kappa shape index (κ2) is 5.67. The summed E-state index contributed by atoms with van der Waals surface area (Å²) in [5, 5.41) is 0. The molecule has 2 nitrogen and oxygen atoms in total. The number of hydrogen-bond donors (Lipinski definition) is 0. The van der Waals surface area contributed by atoms with Gasteiger partial charge in [0.25, 0.3) is 0 Å². The maximum absolute atomic E-state index is 12.7. The van der Waals surface area contributed by atoms with Crippen molar-refractivity contribution in [2.75, 3.05) is 20.5 Å². The van der Waals surface area contributed by atoms with Crippen LogP contribution in [0.5, 0.6) is 0 Å². The van der Waals surface area contributed by atoms with E-state index in [1.165, 1.54) is 12.1 Å². The smallest absolute Gasteiger partial charge is 0.146 e. The molecule has 1 aromatic carbocycles. The van der Waals surface area contributed by atoms with E-state index in [1.807, 2.05) is 6.07 Å². The molecular formula is C10H13FO2. The minimum atomic E-state index is -0.204. The van der Waals surface area contributed by atoms with Crippen LogP contribution in [0.15, 0.2) is 24.3 Å². The Morgan fingerprint density at radius 2 is 2.23 bits per heavy atom. The van der Waals surface area contributed by atoms with Gasteiger partial charge in [0.15, 0.2) is 0 Å². The molecule has 13 heavy (non-hydrogen) atoms. The highest BCUT2D eigenvalue weighted by molar-refractivity contribution is 5.16. The monoisotopic (exact) mass is 184 g/mol. The molecule has 0 N–H and O–H groups in total. The molecule has 0 spiro atoms. The van der Waals surface area contributed by atoms with Crippen molar-refractivity contribution in [2.24, 2.45) is 0 Å². The van der Waals surface area contributed by atoms with Crippen LogP contribution in [0, 0.1) is 5.82 Å². The highest BCUT2D eigenvalue weighted by atomic mass is 19.1. The Morgan fingerprint density at radius 3 is 2.92 bits per heavy atom. The lowest BCUT2D eigenvalue weighted by Crippen LogP contribution is -2.01. The Bertz CT molecular complexity index is 250. The van der Waals surface area contributed by atoms with Gasteiger partial charge in [-0.05, 0) is 24.1 Å². The fraction of sp³-hybridized carbons (Fsp3) is 0.400. The third-order valence-corrected chi connectivity index (χ3v) is 1.63. The second-order valence-corrected chi connectivity index (χ2v) is 2.69. The third-order valence-electron chi connectivity index (χ3n) is 1.63. The van der Waals surface area contributed by atoms with Crippen LogP contribution in [0.25, 0.3) is 0 Å². The molecule has 0 amide bonds. The zero-order valence-electron chi connectivity index (χ0n) is 7.63. The molecule has 0 aliphatic carbocycles. The van der Waals surface area contributed by atoms with Gasteiger partial charge in [0, 0.05) is 7.11 Å². The first-order valence-corrected chi connectivity index (χ1v) is 4.14. The average Bonchev–Trinajstić information content (AvgIpc) is 2.13. The third kappa shape index (κ3) is 4.01. The van der Waals surface area contributed by atoms with Gasteiger partial charge in [-0.1, -0.05) is 12.1 Å². The standard InChI is InChI=1S/C10H13FO2/c1-12-8-13-6-5-9-3-2-4-10(11)7-9/h2-4,7H,5-6,8H2,1H3. The SMILES string of the molecule is COCOCCc1cccc(F)c1. The van der Waals surface area contributed by atoms with Crippen LogP contribution in [-0.4, -0.2) is 20.5 Å². The molecule has 0 atom stereocenters. The van der Waals surface area contributed by atoms with Crippen molar-refractivity contribution < 1.29 is 13.9 Å². The van der Waals surface area contributed by atoms with Crippen molar-refractivity contribution in [2.45, 2.75) is 6.42 Å². The predicted octanol–water partition coefficient (Wildman–Crippen LogP) is 1.99. The second-order valence-electron chi connectivity index (χ2n) is 2.69. The molecule has 0 aromatic heterocycles. The summed E-state index contributed by atoms with van der Waals surface area (Å²) in [6, 6.07) is 6.51. The van der Waals surface area contributed by atoms with Crippen molar-refractivity contribution in [3.63, 3.8) is 0 Å². The van der Waals surface area contributed by atoms with E-state index < -0.39 is 0 Å². The predicted molar refractivity (Wildman–Crippen MR) is 47.9 cm³/mol. The Hall–Kier alpha value is -0.930. The van der Waals surface area contributed by atoms with Gasteiger partial charge in [0.2, 0.25) is 0 Å². The van der Waals surface area contributed by atoms with Crippen molar-refractivity contribution in [1.29, 1.82) is 0 Å². The molecule has 72 valence electrons. The van der Waals surface area contributed by atoms with Gasteiger partial charge in [0.1, 0.15) is 12.6 Å². The topological polar surface area (TPSA) is 18.5 Å². The lowest BCUT2D eigenvalue weighted by molar-refractivity contribution is -0.0291. The Morgan fingerprint density at radius 1 is 1.38 bits per heavy atom. The summed E-state index contributed by atoms with van der Waals surface area (Å²) in [4.78, 5) is 0. The largest absolute Gasteiger partial charge is 0.359 e. The summed E-state index contributed by atoms with van der Waals surface area (Å²) in [7, 11) is 1.57. The molecule has 0 heterocycles. The molecule has 0 saturated carbocycles. The van der Waals surface area contributed by atoms with E-state index in [0.29, 0.717) is 13.0 Å². The van der Waals surface area contributed by atoms with E-state index in [4.69, 9.17) is 9.47 Å². The maximum atomic E-state index is 12.7. The summed E-state index contributed by atoms with van der Waals surface area (Å²) >= 11 is 0. The van der Waals surface area contributed by atoms with Crippen molar-refractivity contribution in [3.8, 4) is 0 Å². The van der Waals surface area contributed by atoms with Crippen LogP contribution < -0.4 is 0 Å². The van der Waals surface area contributed by atoms with Crippen molar-refractivity contribution in [3.05, 3.63) is 35.6 Å². The summed E-state index contributed by atoms with van der Waals surface area (Å²) in [6.07, 6.45) is 0.709.